The van der Waals surface area contributed by atoms with Crippen molar-refractivity contribution in [2.75, 3.05) is 6.54 Å². The molecule has 0 saturated heterocycles. The Labute approximate surface area is 128 Å². The summed E-state index contributed by atoms with van der Waals surface area (Å²) in [5.41, 5.74) is 1.42. The Bertz CT molecular complexity index is 404. The van der Waals surface area contributed by atoms with Crippen LogP contribution in [0.25, 0.3) is 0 Å². The van der Waals surface area contributed by atoms with Gasteiger partial charge in [0.1, 0.15) is 0 Å². The van der Waals surface area contributed by atoms with E-state index in [9.17, 15) is 0 Å². The summed E-state index contributed by atoms with van der Waals surface area (Å²) in [5.74, 6) is 0.912. The number of hydrogen-bond donors (Lipinski definition) is 1. The maximum Gasteiger partial charge on any atom is 0.0292 e. The minimum Gasteiger partial charge on any atom is -0.310 e. The van der Waals surface area contributed by atoms with Crippen LogP contribution in [0.1, 0.15) is 64.5 Å². The van der Waals surface area contributed by atoms with Crippen LogP contribution in [0.4, 0.5) is 0 Å². The van der Waals surface area contributed by atoms with Crippen LogP contribution in [0, 0.1) is 5.92 Å². The number of hydrogen-bond acceptors (Lipinski definition) is 2. The SMILES string of the molecule is CCCNC(C)c1cccc(SC2CCCC(C)C2)c1. The molecule has 0 aliphatic heterocycles. The molecule has 0 aromatic heterocycles. The molecule has 0 heterocycles. The average molecular weight is 292 g/mol. The van der Waals surface area contributed by atoms with Crippen LogP contribution in [-0.4, -0.2) is 11.8 Å². The molecule has 1 aliphatic rings. The number of benzene rings is 1. The van der Waals surface area contributed by atoms with Crippen LogP contribution in [-0.2, 0) is 0 Å². The fourth-order valence-electron chi connectivity index (χ4n) is 3.01. The molecule has 1 aromatic carbocycles. The Morgan fingerprint density at radius 2 is 2.20 bits per heavy atom. The molecule has 0 spiro atoms. The summed E-state index contributed by atoms with van der Waals surface area (Å²) < 4.78 is 0. The third kappa shape index (κ3) is 4.82. The third-order valence-corrected chi connectivity index (χ3v) is 5.54. The van der Waals surface area contributed by atoms with Crippen LogP contribution in [0.2, 0.25) is 0 Å². The number of thioether (sulfide) groups is 1. The molecule has 2 rings (SSSR count). The molecule has 0 radical (unpaired) electrons. The van der Waals surface area contributed by atoms with Crippen molar-refractivity contribution in [3.8, 4) is 0 Å². The predicted molar refractivity (Wildman–Crippen MR) is 90.4 cm³/mol. The second-order valence-electron chi connectivity index (χ2n) is 6.26. The summed E-state index contributed by atoms with van der Waals surface area (Å²) >= 11 is 2.10. The van der Waals surface area contributed by atoms with Crippen molar-refractivity contribution in [1.82, 2.24) is 5.32 Å². The highest BCUT2D eigenvalue weighted by Crippen LogP contribution is 2.36. The molecular weight excluding hydrogens is 262 g/mol. The quantitative estimate of drug-likeness (QED) is 0.751. The maximum atomic E-state index is 3.58. The Balaban J connectivity index is 1.94. The van der Waals surface area contributed by atoms with E-state index in [-0.39, 0.29) is 0 Å². The van der Waals surface area contributed by atoms with Crippen LogP contribution in [0.15, 0.2) is 29.2 Å². The zero-order valence-electron chi connectivity index (χ0n) is 13.2. The molecule has 0 amide bonds. The van der Waals surface area contributed by atoms with Crippen LogP contribution in [0.3, 0.4) is 0 Å². The highest BCUT2D eigenvalue weighted by molar-refractivity contribution is 8.00. The van der Waals surface area contributed by atoms with Gasteiger partial charge < -0.3 is 5.32 Å². The van der Waals surface area contributed by atoms with Crippen molar-refractivity contribution in [3.63, 3.8) is 0 Å². The van der Waals surface area contributed by atoms with Gasteiger partial charge in [0.05, 0.1) is 0 Å². The summed E-state index contributed by atoms with van der Waals surface area (Å²) in [7, 11) is 0. The van der Waals surface area contributed by atoms with Gasteiger partial charge in [-0.05, 0) is 56.3 Å². The average Bonchev–Trinajstić information content (AvgIpc) is 2.45. The fourth-order valence-corrected chi connectivity index (χ4v) is 4.47. The van der Waals surface area contributed by atoms with Gasteiger partial charge in [0.25, 0.3) is 0 Å². The second kappa shape index (κ2) is 8.09. The lowest BCUT2D eigenvalue weighted by Crippen LogP contribution is -2.19. The van der Waals surface area contributed by atoms with Gasteiger partial charge in [-0.25, -0.2) is 0 Å². The Morgan fingerprint density at radius 1 is 1.35 bits per heavy atom. The van der Waals surface area contributed by atoms with E-state index in [1.54, 1.807) is 0 Å². The lowest BCUT2D eigenvalue weighted by molar-refractivity contribution is 0.394. The summed E-state index contributed by atoms with van der Waals surface area (Å²) in [6.07, 6.45) is 6.81. The largest absolute Gasteiger partial charge is 0.310 e. The van der Waals surface area contributed by atoms with Gasteiger partial charge in [-0.15, -0.1) is 11.8 Å². The lowest BCUT2D eigenvalue weighted by Gasteiger charge is -2.26. The third-order valence-electron chi connectivity index (χ3n) is 4.25. The monoisotopic (exact) mass is 291 g/mol. The first-order valence-corrected chi connectivity index (χ1v) is 9.07. The Hall–Kier alpha value is -0.470. The van der Waals surface area contributed by atoms with E-state index in [4.69, 9.17) is 0 Å². The maximum absolute atomic E-state index is 3.58. The highest BCUT2D eigenvalue weighted by atomic mass is 32.2. The van der Waals surface area contributed by atoms with Crippen molar-refractivity contribution in [3.05, 3.63) is 29.8 Å². The van der Waals surface area contributed by atoms with Gasteiger partial charge in [0, 0.05) is 16.2 Å². The van der Waals surface area contributed by atoms with Crippen molar-refractivity contribution < 1.29 is 0 Å². The topological polar surface area (TPSA) is 12.0 Å². The second-order valence-corrected chi connectivity index (χ2v) is 7.63. The van der Waals surface area contributed by atoms with E-state index in [2.05, 4.69) is 62.1 Å². The standard InChI is InChI=1S/C18H29NS/c1-4-11-19-15(3)16-8-6-10-18(13-16)20-17-9-5-7-14(2)12-17/h6,8,10,13-15,17,19H,4-5,7,9,11-12H2,1-3H3. The molecule has 1 saturated carbocycles. The predicted octanol–water partition coefficient (Wildman–Crippen LogP) is 5.42. The molecular formula is C18H29NS. The first-order chi connectivity index (χ1) is 9.69. The highest BCUT2D eigenvalue weighted by Gasteiger charge is 2.19. The molecule has 1 aromatic rings. The minimum atomic E-state index is 0.459. The van der Waals surface area contributed by atoms with Crippen LogP contribution in [0.5, 0.6) is 0 Å². The Morgan fingerprint density at radius 3 is 2.95 bits per heavy atom. The van der Waals surface area contributed by atoms with E-state index in [1.807, 2.05) is 0 Å². The first kappa shape index (κ1) is 15.9. The van der Waals surface area contributed by atoms with Crippen molar-refractivity contribution >= 4 is 11.8 Å². The molecule has 0 bridgehead atoms. The zero-order chi connectivity index (χ0) is 14.4. The van der Waals surface area contributed by atoms with E-state index in [0.717, 1.165) is 17.7 Å². The summed E-state index contributed by atoms with van der Waals surface area (Å²) in [4.78, 5) is 1.45. The molecule has 1 fully saturated rings. The lowest BCUT2D eigenvalue weighted by atomic mass is 9.91. The van der Waals surface area contributed by atoms with Gasteiger partial charge in [-0.2, -0.15) is 0 Å². The summed E-state index contributed by atoms with van der Waals surface area (Å²) in [6, 6.07) is 9.59. The summed E-state index contributed by atoms with van der Waals surface area (Å²) in [6.45, 7) is 7.98. The van der Waals surface area contributed by atoms with Gasteiger partial charge in [-0.1, -0.05) is 38.8 Å². The zero-order valence-corrected chi connectivity index (χ0v) is 14.0. The van der Waals surface area contributed by atoms with Gasteiger partial charge in [0.15, 0.2) is 0 Å². The minimum absolute atomic E-state index is 0.459. The smallest absolute Gasteiger partial charge is 0.0292 e. The van der Waals surface area contributed by atoms with Gasteiger partial charge in [-0.3, -0.25) is 0 Å². The van der Waals surface area contributed by atoms with Crippen molar-refractivity contribution in [2.24, 2.45) is 5.92 Å². The van der Waals surface area contributed by atoms with Crippen LogP contribution < -0.4 is 5.32 Å². The van der Waals surface area contributed by atoms with E-state index < -0.39 is 0 Å². The van der Waals surface area contributed by atoms with Crippen molar-refractivity contribution in [2.45, 2.75) is 69.1 Å². The molecule has 3 atom stereocenters. The normalized spacial score (nSPS) is 24.6. The molecule has 1 N–H and O–H groups in total. The van der Waals surface area contributed by atoms with Crippen LogP contribution >= 0.6 is 11.8 Å². The summed E-state index contributed by atoms with van der Waals surface area (Å²) in [5, 5.41) is 4.40. The van der Waals surface area contributed by atoms with Gasteiger partial charge >= 0.3 is 0 Å². The first-order valence-electron chi connectivity index (χ1n) is 8.19. The van der Waals surface area contributed by atoms with E-state index in [1.165, 1.54) is 42.6 Å². The van der Waals surface area contributed by atoms with E-state index >= 15 is 0 Å². The fraction of sp³-hybridized carbons (Fsp3) is 0.667. The molecule has 1 aliphatic carbocycles. The molecule has 112 valence electrons. The van der Waals surface area contributed by atoms with Gasteiger partial charge in [0.2, 0.25) is 0 Å². The molecule has 1 nitrogen and oxygen atoms in total. The molecule has 3 unspecified atom stereocenters. The van der Waals surface area contributed by atoms with E-state index in [0.29, 0.717) is 6.04 Å². The molecule has 20 heavy (non-hydrogen) atoms. The Kier molecular flexibility index (Phi) is 6.44. The van der Waals surface area contributed by atoms with Crippen molar-refractivity contribution in [1.29, 1.82) is 0 Å². The number of rotatable bonds is 6. The molecule has 2 heteroatoms. The number of nitrogens with one attached hydrogen (secondary N) is 1.